The topological polar surface area (TPSA) is 83.6 Å². The van der Waals surface area contributed by atoms with Crippen LogP contribution in [0.4, 0.5) is 0 Å². The molecule has 2 aromatic rings. The first-order valence-corrected chi connectivity index (χ1v) is 11.0. The Morgan fingerprint density at radius 3 is 1.92 bits per heavy atom. The number of likely N-dealkylation sites (N-methyl/N-ethyl adjacent to an activating group) is 1. The molecule has 0 aliphatic rings. The lowest BCUT2D eigenvalue weighted by Crippen LogP contribution is -2.35. The molecule has 0 bridgehead atoms. The van der Waals surface area contributed by atoms with Gasteiger partial charge in [-0.1, -0.05) is 42.5 Å². The van der Waals surface area contributed by atoms with Crippen LogP contribution in [-0.2, 0) is 19.9 Å². The molecule has 8 heteroatoms. The van der Waals surface area contributed by atoms with E-state index in [0.29, 0.717) is 0 Å². The summed E-state index contributed by atoms with van der Waals surface area (Å²) < 4.78 is 51.6. The van der Waals surface area contributed by atoms with Gasteiger partial charge in [-0.15, -0.1) is 0 Å². The minimum atomic E-state index is -3.97. The normalized spacial score (nSPS) is 13.8. The summed E-state index contributed by atoms with van der Waals surface area (Å²) in [5, 5.41) is 0. The van der Waals surface area contributed by atoms with Gasteiger partial charge in [0, 0.05) is 18.8 Å². The monoisotopic (exact) mass is 382 g/mol. The Morgan fingerprint density at radius 1 is 0.880 bits per heavy atom. The summed E-state index contributed by atoms with van der Waals surface area (Å²) in [6, 6.07) is 14.9. The molecule has 6 nitrogen and oxygen atoms in total. The summed E-state index contributed by atoms with van der Waals surface area (Å²) in [6.07, 6.45) is 0.994. The molecule has 136 valence electrons. The maximum Gasteiger partial charge on any atom is 0.241 e. The Labute approximate surface area is 149 Å². The van der Waals surface area contributed by atoms with Crippen LogP contribution in [0, 0.1) is 0 Å². The second kappa shape index (κ2) is 7.65. The third-order valence-corrected chi connectivity index (χ3v) is 6.58. The van der Waals surface area contributed by atoms with Crippen LogP contribution in [0.5, 0.6) is 0 Å². The molecule has 1 N–H and O–H groups in total. The molecule has 1 unspecified atom stereocenters. The molecule has 0 aromatic heterocycles. The second-order valence-corrected chi connectivity index (χ2v) is 9.68. The Hall–Kier alpha value is -1.74. The molecule has 0 radical (unpaired) electrons. The SMILES string of the molecule is CN(C)C(CNS(=O)(=O)c1ccccc1S(C)(=O)=O)c1ccccc1. The molecular weight excluding hydrogens is 360 g/mol. The average molecular weight is 383 g/mol. The van der Waals surface area contributed by atoms with Crippen LogP contribution < -0.4 is 4.72 Å². The average Bonchev–Trinajstić information content (AvgIpc) is 2.55. The van der Waals surface area contributed by atoms with E-state index in [0.717, 1.165) is 11.8 Å². The predicted molar refractivity (Wildman–Crippen MR) is 97.6 cm³/mol. The molecule has 0 heterocycles. The lowest BCUT2D eigenvalue weighted by atomic mass is 10.1. The highest BCUT2D eigenvalue weighted by molar-refractivity contribution is 7.93. The standard InChI is InChI=1S/C17H22N2O4S2/c1-19(2)15(14-9-5-4-6-10-14)13-18-25(22,23)17-12-8-7-11-16(17)24(3,20)21/h4-12,15,18H,13H2,1-3H3. The molecule has 0 amide bonds. The fourth-order valence-corrected chi connectivity index (χ4v) is 5.18. The van der Waals surface area contributed by atoms with Gasteiger partial charge in [-0.3, -0.25) is 0 Å². The largest absolute Gasteiger partial charge is 0.301 e. The summed E-state index contributed by atoms with van der Waals surface area (Å²) in [5.41, 5.74) is 0.964. The van der Waals surface area contributed by atoms with Gasteiger partial charge < -0.3 is 4.90 Å². The van der Waals surface area contributed by atoms with E-state index in [2.05, 4.69) is 4.72 Å². The summed E-state index contributed by atoms with van der Waals surface area (Å²) in [7, 11) is -3.90. The molecule has 0 saturated heterocycles. The molecule has 25 heavy (non-hydrogen) atoms. The van der Waals surface area contributed by atoms with Crippen molar-refractivity contribution < 1.29 is 16.8 Å². The van der Waals surface area contributed by atoms with E-state index < -0.39 is 19.9 Å². The maximum atomic E-state index is 12.7. The third-order valence-electron chi connectivity index (χ3n) is 3.81. The smallest absolute Gasteiger partial charge is 0.241 e. The predicted octanol–water partition coefficient (Wildman–Crippen LogP) is 1.67. The van der Waals surface area contributed by atoms with E-state index in [9.17, 15) is 16.8 Å². The number of hydrogen-bond acceptors (Lipinski definition) is 5. The molecule has 2 aromatic carbocycles. The first-order chi connectivity index (χ1) is 11.6. The van der Waals surface area contributed by atoms with Gasteiger partial charge >= 0.3 is 0 Å². The number of benzene rings is 2. The second-order valence-electron chi connectivity index (χ2n) is 5.96. The van der Waals surface area contributed by atoms with Gasteiger partial charge in [-0.2, -0.15) is 0 Å². The fourth-order valence-electron chi connectivity index (χ4n) is 2.52. The fraction of sp³-hybridized carbons (Fsp3) is 0.294. The van der Waals surface area contributed by atoms with Gasteiger partial charge in [-0.05, 0) is 31.8 Å². The number of nitrogens with zero attached hydrogens (tertiary/aromatic N) is 1. The zero-order valence-electron chi connectivity index (χ0n) is 14.4. The minimum Gasteiger partial charge on any atom is -0.301 e. The molecule has 0 saturated carbocycles. The van der Waals surface area contributed by atoms with Crippen LogP contribution in [0.3, 0.4) is 0 Å². The molecular formula is C17H22N2O4S2. The molecule has 0 aliphatic carbocycles. The van der Waals surface area contributed by atoms with Crippen molar-refractivity contribution in [3.05, 3.63) is 60.2 Å². The number of rotatable bonds is 7. The van der Waals surface area contributed by atoms with Gasteiger partial charge in [-0.25, -0.2) is 21.6 Å². The van der Waals surface area contributed by atoms with Crippen molar-refractivity contribution in [3.8, 4) is 0 Å². The number of nitrogens with one attached hydrogen (secondary N) is 1. The highest BCUT2D eigenvalue weighted by Gasteiger charge is 2.25. The van der Waals surface area contributed by atoms with Crippen molar-refractivity contribution in [2.75, 3.05) is 26.9 Å². The Kier molecular flexibility index (Phi) is 5.99. The van der Waals surface area contributed by atoms with Crippen LogP contribution in [0.15, 0.2) is 64.4 Å². The summed E-state index contributed by atoms with van der Waals surface area (Å²) in [6.45, 7) is 0.122. The van der Waals surface area contributed by atoms with Gasteiger partial charge in [0.1, 0.15) is 4.90 Å². The van der Waals surface area contributed by atoms with Crippen LogP contribution in [0.25, 0.3) is 0 Å². The van der Waals surface area contributed by atoms with Crippen molar-refractivity contribution in [2.24, 2.45) is 0 Å². The first-order valence-electron chi connectivity index (χ1n) is 7.63. The van der Waals surface area contributed by atoms with Crippen molar-refractivity contribution in [1.29, 1.82) is 0 Å². The van der Waals surface area contributed by atoms with Gasteiger partial charge in [0.15, 0.2) is 9.84 Å². The van der Waals surface area contributed by atoms with Crippen LogP contribution in [0.1, 0.15) is 11.6 Å². The van der Waals surface area contributed by atoms with Crippen LogP contribution in [-0.4, -0.2) is 48.6 Å². The number of sulfonamides is 1. The Bertz CT molecular complexity index is 924. The van der Waals surface area contributed by atoms with Gasteiger partial charge in [0.25, 0.3) is 0 Å². The quantitative estimate of drug-likeness (QED) is 0.788. The number of sulfone groups is 1. The van der Waals surface area contributed by atoms with E-state index in [1.54, 1.807) is 0 Å². The maximum absolute atomic E-state index is 12.7. The highest BCUT2D eigenvalue weighted by Crippen LogP contribution is 2.22. The van der Waals surface area contributed by atoms with Crippen molar-refractivity contribution in [3.63, 3.8) is 0 Å². The summed E-state index contributed by atoms with van der Waals surface area (Å²) in [5.74, 6) is 0. The van der Waals surface area contributed by atoms with Gasteiger partial charge in [0.05, 0.1) is 4.90 Å². The van der Waals surface area contributed by atoms with Crippen molar-refractivity contribution >= 4 is 19.9 Å². The lowest BCUT2D eigenvalue weighted by molar-refractivity contribution is 0.299. The van der Waals surface area contributed by atoms with Crippen molar-refractivity contribution in [2.45, 2.75) is 15.8 Å². The molecule has 0 spiro atoms. The van der Waals surface area contributed by atoms with E-state index >= 15 is 0 Å². The third kappa shape index (κ3) is 4.88. The first kappa shape index (κ1) is 19.6. The van der Waals surface area contributed by atoms with Crippen LogP contribution in [0.2, 0.25) is 0 Å². The van der Waals surface area contributed by atoms with Crippen LogP contribution >= 0.6 is 0 Å². The van der Waals surface area contributed by atoms with E-state index in [-0.39, 0.29) is 22.4 Å². The van der Waals surface area contributed by atoms with Gasteiger partial charge in [0.2, 0.25) is 10.0 Å². The Balaban J connectivity index is 2.31. The molecule has 0 fully saturated rings. The molecule has 0 aliphatic heterocycles. The number of hydrogen-bond donors (Lipinski definition) is 1. The summed E-state index contributed by atoms with van der Waals surface area (Å²) in [4.78, 5) is 1.46. The zero-order valence-corrected chi connectivity index (χ0v) is 16.0. The zero-order chi connectivity index (χ0) is 18.7. The minimum absolute atomic E-state index is 0.122. The molecule has 2 rings (SSSR count). The van der Waals surface area contributed by atoms with E-state index in [1.165, 1.54) is 24.3 Å². The molecule has 1 atom stereocenters. The van der Waals surface area contributed by atoms with E-state index in [1.807, 2.05) is 49.3 Å². The lowest BCUT2D eigenvalue weighted by Gasteiger charge is -2.25. The van der Waals surface area contributed by atoms with Crippen molar-refractivity contribution in [1.82, 2.24) is 9.62 Å². The van der Waals surface area contributed by atoms with E-state index in [4.69, 9.17) is 0 Å². The summed E-state index contributed by atoms with van der Waals surface area (Å²) >= 11 is 0. The highest BCUT2D eigenvalue weighted by atomic mass is 32.2. The Morgan fingerprint density at radius 2 is 1.40 bits per heavy atom.